The molecule has 2 aromatic carbocycles. The quantitative estimate of drug-likeness (QED) is 0.551. The molecular weight excluding hydrogens is 481 g/mol. The molecule has 9 heteroatoms. The first-order valence-corrected chi connectivity index (χ1v) is 11.4. The molecule has 0 fully saturated rings. The molecule has 0 spiro atoms. The largest absolute Gasteiger partial charge is 0.493 e. The van der Waals surface area contributed by atoms with Crippen LogP contribution in [-0.2, 0) is 25.7 Å². The van der Waals surface area contributed by atoms with Crippen LogP contribution in [0.5, 0.6) is 11.5 Å². The summed E-state index contributed by atoms with van der Waals surface area (Å²) in [6.45, 7) is 0.234. The highest BCUT2D eigenvalue weighted by Crippen LogP contribution is 2.45. The predicted octanol–water partition coefficient (Wildman–Crippen LogP) is 5.05. The molecule has 178 valence electrons. The summed E-state index contributed by atoms with van der Waals surface area (Å²) in [5.41, 5.74) is 8.08. The van der Waals surface area contributed by atoms with Crippen molar-refractivity contribution in [3.05, 3.63) is 80.4 Å². The number of ether oxygens (including phenoxy) is 4. The summed E-state index contributed by atoms with van der Waals surface area (Å²) in [5, 5.41) is 0.897. The minimum Gasteiger partial charge on any atom is -0.493 e. The summed E-state index contributed by atoms with van der Waals surface area (Å²) in [5.74, 6) is -0.149. The minimum atomic E-state index is -0.734. The molecule has 2 aromatic rings. The molecule has 1 aliphatic heterocycles. The van der Waals surface area contributed by atoms with E-state index in [1.165, 1.54) is 14.2 Å². The van der Waals surface area contributed by atoms with Crippen LogP contribution in [0.25, 0.3) is 0 Å². The van der Waals surface area contributed by atoms with Crippen LogP contribution in [0.3, 0.4) is 0 Å². The van der Waals surface area contributed by atoms with Crippen LogP contribution in [0.15, 0.2) is 59.2 Å². The second kappa shape index (κ2) is 9.99. The van der Waals surface area contributed by atoms with E-state index in [1.807, 2.05) is 6.07 Å². The molecule has 1 aliphatic carbocycles. The van der Waals surface area contributed by atoms with E-state index in [2.05, 4.69) is 0 Å². The Balaban J connectivity index is 1.70. The molecular formula is C25H23Cl2NO6. The maximum Gasteiger partial charge on any atom is 0.340 e. The van der Waals surface area contributed by atoms with Crippen LogP contribution >= 0.6 is 23.2 Å². The number of Topliss-reactive ketones (excluding diaryl/α,β-unsaturated/α-hetero) is 1. The Hall–Kier alpha value is -3.16. The molecule has 0 saturated carbocycles. The lowest BCUT2D eigenvalue weighted by Crippen LogP contribution is -2.31. The van der Waals surface area contributed by atoms with Gasteiger partial charge in [0.05, 0.1) is 30.2 Å². The van der Waals surface area contributed by atoms with Crippen LogP contribution in [0, 0.1) is 0 Å². The molecule has 0 aromatic heterocycles. The summed E-state index contributed by atoms with van der Waals surface area (Å²) < 4.78 is 22.1. The number of carbonyl (C=O) groups excluding carboxylic acids is 2. The van der Waals surface area contributed by atoms with Gasteiger partial charge in [0.25, 0.3) is 0 Å². The van der Waals surface area contributed by atoms with Gasteiger partial charge in [0.2, 0.25) is 5.88 Å². The molecule has 0 amide bonds. The van der Waals surface area contributed by atoms with Crippen molar-refractivity contribution < 1.29 is 28.5 Å². The van der Waals surface area contributed by atoms with Gasteiger partial charge in [-0.2, -0.15) is 0 Å². The third kappa shape index (κ3) is 4.58. The van der Waals surface area contributed by atoms with Gasteiger partial charge in [0.15, 0.2) is 17.3 Å². The number of hydrogen-bond donors (Lipinski definition) is 1. The van der Waals surface area contributed by atoms with Crippen LogP contribution in [0.2, 0.25) is 10.0 Å². The zero-order chi connectivity index (χ0) is 24.4. The standard InChI is InChI=1S/C25H23Cl2NO6/c1-31-20-11-14(7-9-18(20)33-12-13-6-8-15(26)16(27)10-13)21-22-17(29)4-3-5-19(22)34-24(28)23(21)25(30)32-2/h6-11,21H,3-5,12,28H2,1-2H3/t21-/m0/s1. The van der Waals surface area contributed by atoms with Gasteiger partial charge < -0.3 is 24.7 Å². The molecule has 0 unspecified atom stereocenters. The van der Waals surface area contributed by atoms with Crippen molar-refractivity contribution in [2.45, 2.75) is 31.8 Å². The SMILES string of the molecule is COC(=O)C1=C(N)OC2=C(C(=O)CCC2)[C@@H]1c1ccc(OCc2ccc(Cl)c(Cl)c2)c(OC)c1. The highest BCUT2D eigenvalue weighted by atomic mass is 35.5. The Morgan fingerprint density at radius 3 is 2.59 bits per heavy atom. The number of methoxy groups -OCH3 is 2. The zero-order valence-corrected chi connectivity index (χ0v) is 20.2. The first kappa shape index (κ1) is 24.0. The predicted molar refractivity (Wildman–Crippen MR) is 127 cm³/mol. The molecule has 4 rings (SSSR count). The number of ketones is 1. The smallest absolute Gasteiger partial charge is 0.340 e. The topological polar surface area (TPSA) is 97.1 Å². The molecule has 0 saturated heterocycles. The van der Waals surface area contributed by atoms with Crippen LogP contribution in [-0.4, -0.2) is 26.0 Å². The van der Waals surface area contributed by atoms with Crippen molar-refractivity contribution >= 4 is 35.0 Å². The number of nitrogens with two attached hydrogens (primary N) is 1. The van der Waals surface area contributed by atoms with E-state index >= 15 is 0 Å². The number of allylic oxidation sites excluding steroid dienone is 2. The third-order valence-corrected chi connectivity index (χ3v) is 6.53. The van der Waals surface area contributed by atoms with E-state index in [0.717, 1.165) is 5.56 Å². The van der Waals surface area contributed by atoms with Gasteiger partial charge in [0.1, 0.15) is 17.9 Å². The molecule has 7 nitrogen and oxygen atoms in total. The fraction of sp³-hybridized carbons (Fsp3) is 0.280. The third-order valence-electron chi connectivity index (χ3n) is 5.79. The van der Waals surface area contributed by atoms with Gasteiger partial charge in [-0.1, -0.05) is 35.3 Å². The molecule has 2 N–H and O–H groups in total. The highest BCUT2D eigenvalue weighted by Gasteiger charge is 2.41. The van der Waals surface area contributed by atoms with Crippen LogP contribution in [0.4, 0.5) is 0 Å². The van der Waals surface area contributed by atoms with Gasteiger partial charge >= 0.3 is 5.97 Å². The van der Waals surface area contributed by atoms with Crippen molar-refractivity contribution in [1.29, 1.82) is 0 Å². The van der Waals surface area contributed by atoms with E-state index in [0.29, 0.717) is 57.7 Å². The summed E-state index contributed by atoms with van der Waals surface area (Å²) in [6.07, 6.45) is 1.60. The van der Waals surface area contributed by atoms with Crippen LogP contribution in [0.1, 0.15) is 36.3 Å². The summed E-state index contributed by atoms with van der Waals surface area (Å²) >= 11 is 12.1. The Morgan fingerprint density at radius 2 is 1.88 bits per heavy atom. The Bertz CT molecular complexity index is 1220. The minimum absolute atomic E-state index is 0.0655. The van der Waals surface area contributed by atoms with Crippen LogP contribution < -0.4 is 15.2 Å². The van der Waals surface area contributed by atoms with Gasteiger partial charge in [-0.25, -0.2) is 4.79 Å². The van der Waals surface area contributed by atoms with Crippen molar-refractivity contribution in [2.75, 3.05) is 14.2 Å². The molecule has 34 heavy (non-hydrogen) atoms. The molecule has 0 bridgehead atoms. The van der Waals surface area contributed by atoms with E-state index < -0.39 is 11.9 Å². The monoisotopic (exact) mass is 503 g/mol. The normalized spacial score (nSPS) is 17.8. The lowest BCUT2D eigenvalue weighted by Gasteiger charge is -2.32. The fourth-order valence-corrected chi connectivity index (χ4v) is 4.49. The lowest BCUT2D eigenvalue weighted by atomic mass is 9.77. The maximum absolute atomic E-state index is 12.9. The van der Waals surface area contributed by atoms with E-state index in [1.54, 1.807) is 30.3 Å². The van der Waals surface area contributed by atoms with Crippen molar-refractivity contribution in [2.24, 2.45) is 5.73 Å². The Kier molecular flexibility index (Phi) is 7.05. The second-order valence-corrected chi connectivity index (χ2v) is 8.68. The van der Waals surface area contributed by atoms with Gasteiger partial charge in [0, 0.05) is 18.4 Å². The fourth-order valence-electron chi connectivity index (χ4n) is 4.17. The number of halogens is 2. The molecule has 1 heterocycles. The number of carbonyl (C=O) groups is 2. The second-order valence-electron chi connectivity index (χ2n) is 7.87. The highest BCUT2D eigenvalue weighted by molar-refractivity contribution is 6.42. The number of rotatable bonds is 6. The summed E-state index contributed by atoms with van der Waals surface area (Å²) in [6, 6.07) is 10.5. The van der Waals surface area contributed by atoms with E-state index in [9.17, 15) is 9.59 Å². The summed E-state index contributed by atoms with van der Waals surface area (Å²) in [4.78, 5) is 25.5. The first-order valence-electron chi connectivity index (χ1n) is 10.6. The first-order chi connectivity index (χ1) is 16.3. The summed E-state index contributed by atoms with van der Waals surface area (Å²) in [7, 11) is 2.77. The maximum atomic E-state index is 12.9. The average Bonchev–Trinajstić information content (AvgIpc) is 2.83. The molecule has 0 radical (unpaired) electrons. The van der Waals surface area contributed by atoms with Crippen molar-refractivity contribution in [1.82, 2.24) is 0 Å². The number of hydrogen-bond acceptors (Lipinski definition) is 7. The Labute approximate surface area is 207 Å². The number of esters is 1. The lowest BCUT2D eigenvalue weighted by molar-refractivity contribution is -0.136. The van der Waals surface area contributed by atoms with E-state index in [4.69, 9.17) is 47.9 Å². The van der Waals surface area contributed by atoms with E-state index in [-0.39, 0.29) is 23.8 Å². The Morgan fingerprint density at radius 1 is 1.09 bits per heavy atom. The van der Waals surface area contributed by atoms with Crippen molar-refractivity contribution in [3.63, 3.8) is 0 Å². The zero-order valence-electron chi connectivity index (χ0n) is 18.7. The van der Waals surface area contributed by atoms with Crippen molar-refractivity contribution in [3.8, 4) is 11.5 Å². The molecule has 1 atom stereocenters. The number of benzene rings is 2. The van der Waals surface area contributed by atoms with Gasteiger partial charge in [-0.05, 0) is 41.8 Å². The van der Waals surface area contributed by atoms with Gasteiger partial charge in [-0.15, -0.1) is 0 Å². The molecule has 2 aliphatic rings. The van der Waals surface area contributed by atoms with Gasteiger partial charge in [-0.3, -0.25) is 4.79 Å². The average molecular weight is 504 g/mol.